The van der Waals surface area contributed by atoms with Crippen LogP contribution in [0.1, 0.15) is 11.3 Å². The Morgan fingerprint density at radius 2 is 2.00 bits per heavy atom. The second kappa shape index (κ2) is 4.94. The molecule has 3 aromatic rings. The summed E-state index contributed by atoms with van der Waals surface area (Å²) in [6.07, 6.45) is -3.25. The van der Waals surface area contributed by atoms with Crippen molar-refractivity contribution in [2.24, 2.45) is 14.1 Å². The first-order valence-electron chi connectivity index (χ1n) is 6.19. The lowest BCUT2D eigenvalue weighted by Gasteiger charge is -1.98. The summed E-state index contributed by atoms with van der Waals surface area (Å²) in [5, 5.41) is 20.0. The van der Waals surface area contributed by atoms with Crippen molar-refractivity contribution in [1.82, 2.24) is 29.7 Å². The van der Waals surface area contributed by atoms with Crippen molar-refractivity contribution >= 4 is 0 Å². The van der Waals surface area contributed by atoms with Crippen molar-refractivity contribution < 1.29 is 17.7 Å². The lowest BCUT2D eigenvalue weighted by atomic mass is 10.2. The monoisotopic (exact) mass is 323 g/mol. The van der Waals surface area contributed by atoms with Crippen LogP contribution in [0, 0.1) is 11.3 Å². The Hall–Kier alpha value is -3.16. The molecule has 0 fully saturated rings. The Morgan fingerprint density at radius 1 is 1.26 bits per heavy atom. The zero-order valence-electron chi connectivity index (χ0n) is 11.8. The minimum Gasteiger partial charge on any atom is -0.332 e. The van der Waals surface area contributed by atoms with Gasteiger partial charge in [-0.25, -0.2) is 0 Å². The third-order valence-corrected chi connectivity index (χ3v) is 3.09. The molecule has 0 atom stereocenters. The predicted octanol–water partition coefficient (Wildman–Crippen LogP) is 1.76. The molecule has 0 saturated carbocycles. The first-order chi connectivity index (χ1) is 10.8. The van der Waals surface area contributed by atoms with Crippen LogP contribution >= 0.6 is 0 Å². The molecule has 3 aromatic heterocycles. The molecule has 3 rings (SSSR count). The largest absolute Gasteiger partial charge is 0.435 e. The van der Waals surface area contributed by atoms with Crippen molar-refractivity contribution in [3.05, 3.63) is 23.5 Å². The third kappa shape index (κ3) is 2.44. The van der Waals surface area contributed by atoms with Crippen LogP contribution in [0.4, 0.5) is 13.2 Å². The Labute approximate surface area is 126 Å². The average molecular weight is 323 g/mol. The van der Waals surface area contributed by atoms with Crippen LogP contribution in [0.15, 0.2) is 16.8 Å². The molecule has 118 valence electrons. The van der Waals surface area contributed by atoms with E-state index < -0.39 is 11.9 Å². The summed E-state index contributed by atoms with van der Waals surface area (Å²) in [6.45, 7) is 0. The Kier molecular flexibility index (Phi) is 3.17. The van der Waals surface area contributed by atoms with E-state index in [1.54, 1.807) is 7.05 Å². The Bertz CT molecular complexity index is 912. The van der Waals surface area contributed by atoms with Gasteiger partial charge in [-0.3, -0.25) is 9.36 Å². The van der Waals surface area contributed by atoms with Crippen molar-refractivity contribution in [2.45, 2.75) is 6.18 Å². The fourth-order valence-electron chi connectivity index (χ4n) is 2.01. The van der Waals surface area contributed by atoms with Gasteiger partial charge in [0.15, 0.2) is 5.69 Å². The number of nitrogens with zero attached hydrogens (tertiary/aromatic N) is 7. The molecule has 0 unspecified atom stereocenters. The summed E-state index contributed by atoms with van der Waals surface area (Å²) in [5.74, 6) is -0.0955. The first kappa shape index (κ1) is 14.8. The van der Waals surface area contributed by atoms with Crippen LogP contribution in [0.3, 0.4) is 0 Å². The maximum Gasteiger partial charge on any atom is 0.435 e. The SMILES string of the molecule is Cn1nc(C(F)(F)F)cc1-c1noc(-c2c(C#N)cnn2C)n1. The molecule has 0 radical (unpaired) electrons. The Morgan fingerprint density at radius 3 is 2.61 bits per heavy atom. The number of alkyl halides is 3. The molecule has 0 amide bonds. The van der Waals surface area contributed by atoms with Gasteiger partial charge in [0.2, 0.25) is 5.82 Å². The van der Waals surface area contributed by atoms with E-state index in [-0.39, 0.29) is 28.7 Å². The molecule has 8 nitrogen and oxygen atoms in total. The van der Waals surface area contributed by atoms with E-state index in [1.165, 1.54) is 17.9 Å². The summed E-state index contributed by atoms with van der Waals surface area (Å²) in [4.78, 5) is 4.03. The molecule has 0 N–H and O–H groups in total. The van der Waals surface area contributed by atoms with Gasteiger partial charge in [-0.1, -0.05) is 5.16 Å². The summed E-state index contributed by atoms with van der Waals surface area (Å²) in [6, 6.07) is 2.74. The van der Waals surface area contributed by atoms with Gasteiger partial charge in [-0.15, -0.1) is 0 Å². The van der Waals surface area contributed by atoms with E-state index in [2.05, 4.69) is 20.3 Å². The molecule has 0 spiro atoms. The normalized spacial score (nSPS) is 11.7. The molecule has 0 aromatic carbocycles. The highest BCUT2D eigenvalue weighted by Gasteiger charge is 2.35. The van der Waals surface area contributed by atoms with Gasteiger partial charge in [0, 0.05) is 14.1 Å². The van der Waals surface area contributed by atoms with Crippen molar-refractivity contribution in [3.8, 4) is 29.2 Å². The highest BCUT2D eigenvalue weighted by Crippen LogP contribution is 2.31. The molecule has 0 aliphatic rings. The first-order valence-corrected chi connectivity index (χ1v) is 6.19. The zero-order chi connectivity index (χ0) is 16.8. The lowest BCUT2D eigenvalue weighted by Crippen LogP contribution is -2.06. The second-order valence-electron chi connectivity index (χ2n) is 4.60. The van der Waals surface area contributed by atoms with Crippen LogP contribution < -0.4 is 0 Å². The second-order valence-corrected chi connectivity index (χ2v) is 4.60. The van der Waals surface area contributed by atoms with E-state index in [0.717, 1.165) is 10.7 Å². The van der Waals surface area contributed by atoms with E-state index in [4.69, 9.17) is 9.78 Å². The van der Waals surface area contributed by atoms with Crippen molar-refractivity contribution in [3.63, 3.8) is 0 Å². The smallest absolute Gasteiger partial charge is 0.332 e. The van der Waals surface area contributed by atoms with Gasteiger partial charge in [0.1, 0.15) is 23.0 Å². The number of halogens is 3. The van der Waals surface area contributed by atoms with Crippen LogP contribution in [-0.4, -0.2) is 29.7 Å². The average Bonchev–Trinajstić information content (AvgIpc) is 3.15. The van der Waals surface area contributed by atoms with Crippen LogP contribution in [-0.2, 0) is 20.3 Å². The fourth-order valence-corrected chi connectivity index (χ4v) is 2.01. The van der Waals surface area contributed by atoms with Gasteiger partial charge in [-0.05, 0) is 6.07 Å². The van der Waals surface area contributed by atoms with Gasteiger partial charge in [0.25, 0.3) is 5.89 Å². The lowest BCUT2D eigenvalue weighted by molar-refractivity contribution is -0.141. The minimum absolute atomic E-state index is 0.0219. The molecule has 23 heavy (non-hydrogen) atoms. The van der Waals surface area contributed by atoms with Gasteiger partial charge in [-0.2, -0.15) is 33.6 Å². The summed E-state index contributed by atoms with van der Waals surface area (Å²) < 4.78 is 45.5. The maximum atomic E-state index is 12.7. The molecule has 0 saturated heterocycles. The molecular formula is C12H8F3N7O. The number of hydrogen-bond donors (Lipinski definition) is 0. The predicted molar refractivity (Wildman–Crippen MR) is 68.4 cm³/mol. The van der Waals surface area contributed by atoms with Gasteiger partial charge < -0.3 is 4.52 Å². The quantitative estimate of drug-likeness (QED) is 0.712. The molecular weight excluding hydrogens is 315 g/mol. The minimum atomic E-state index is -4.57. The molecule has 11 heteroatoms. The van der Waals surface area contributed by atoms with Crippen molar-refractivity contribution in [2.75, 3.05) is 0 Å². The number of aromatic nitrogens is 6. The van der Waals surface area contributed by atoms with Gasteiger partial charge in [0.05, 0.1) is 6.20 Å². The van der Waals surface area contributed by atoms with E-state index in [9.17, 15) is 13.2 Å². The van der Waals surface area contributed by atoms with E-state index >= 15 is 0 Å². The highest BCUT2D eigenvalue weighted by atomic mass is 19.4. The summed E-state index contributed by atoms with van der Waals surface area (Å²) in [7, 11) is 2.91. The van der Waals surface area contributed by atoms with E-state index in [0.29, 0.717) is 0 Å². The maximum absolute atomic E-state index is 12.7. The number of aryl methyl sites for hydroxylation is 2. The number of rotatable bonds is 2. The fraction of sp³-hybridized carbons (Fsp3) is 0.250. The Balaban J connectivity index is 2.05. The third-order valence-electron chi connectivity index (χ3n) is 3.09. The highest BCUT2D eigenvalue weighted by molar-refractivity contribution is 5.61. The van der Waals surface area contributed by atoms with Crippen LogP contribution in [0.25, 0.3) is 23.1 Å². The number of nitriles is 1. The molecule has 0 aliphatic carbocycles. The van der Waals surface area contributed by atoms with Crippen LogP contribution in [0.5, 0.6) is 0 Å². The van der Waals surface area contributed by atoms with Crippen molar-refractivity contribution in [1.29, 1.82) is 5.26 Å². The molecule has 0 aliphatic heterocycles. The standard InChI is InChI=1S/C12H8F3N7O/c1-21-7(3-8(19-21)12(13,14)15)10-18-11(23-20-10)9-6(4-16)5-17-22(9)2/h3,5H,1-2H3. The number of hydrogen-bond acceptors (Lipinski definition) is 6. The van der Waals surface area contributed by atoms with Crippen LogP contribution in [0.2, 0.25) is 0 Å². The van der Waals surface area contributed by atoms with E-state index in [1.807, 2.05) is 6.07 Å². The topological polar surface area (TPSA) is 98.4 Å². The molecule has 3 heterocycles. The van der Waals surface area contributed by atoms with Gasteiger partial charge >= 0.3 is 6.18 Å². The molecule has 0 bridgehead atoms. The summed E-state index contributed by atoms with van der Waals surface area (Å²) in [5.41, 5.74) is -0.527. The summed E-state index contributed by atoms with van der Waals surface area (Å²) >= 11 is 0. The zero-order valence-corrected chi connectivity index (χ0v) is 11.8.